The molecule has 2 saturated carbocycles. The van der Waals surface area contributed by atoms with Gasteiger partial charge in [-0.25, -0.2) is 0 Å². The lowest BCUT2D eigenvalue weighted by Crippen LogP contribution is -2.52. The second-order valence-electron chi connectivity index (χ2n) is 11.0. The van der Waals surface area contributed by atoms with Gasteiger partial charge < -0.3 is 14.5 Å². The van der Waals surface area contributed by atoms with Gasteiger partial charge in [0.15, 0.2) is 0 Å². The number of ether oxygens (including phenoxy) is 1. The Kier molecular flexibility index (Phi) is 9.82. The first-order chi connectivity index (χ1) is 17.5. The number of rotatable bonds is 8. The number of amides is 1. The van der Waals surface area contributed by atoms with Crippen LogP contribution < -0.4 is 4.74 Å². The standard InChI is InChI=1S/C22H32N2O2.C9H13N/c1-26-20-12-8-17(9-13-20)15-23(19-10-11-19)16-22(25)24-14-4-6-18-5-2-3-7-21(18)24;1-10(2)8-9-6-4-3-5-7-9/h8-9,12-13,18-19,21H,2-7,10-11,14-16H2,1H3;3-7H,8H2,1-2H3. The molecule has 2 unspecified atom stereocenters. The largest absolute Gasteiger partial charge is 0.497 e. The molecule has 3 aliphatic rings. The lowest BCUT2D eigenvalue weighted by Gasteiger charge is -2.44. The van der Waals surface area contributed by atoms with E-state index >= 15 is 0 Å². The molecule has 2 aromatic rings. The molecule has 36 heavy (non-hydrogen) atoms. The maximum absolute atomic E-state index is 13.2. The number of nitrogens with zero attached hydrogens (tertiary/aromatic N) is 3. The minimum absolute atomic E-state index is 0.363. The van der Waals surface area contributed by atoms with E-state index in [2.05, 4.69) is 65.2 Å². The van der Waals surface area contributed by atoms with Crippen LogP contribution in [0.3, 0.4) is 0 Å². The molecular weight excluding hydrogens is 446 g/mol. The number of piperidine rings is 1. The first-order valence-electron chi connectivity index (χ1n) is 13.9. The summed E-state index contributed by atoms with van der Waals surface area (Å²) in [6, 6.07) is 19.8. The molecule has 1 amide bonds. The van der Waals surface area contributed by atoms with Gasteiger partial charge in [-0.15, -0.1) is 0 Å². The summed E-state index contributed by atoms with van der Waals surface area (Å²) >= 11 is 0. The van der Waals surface area contributed by atoms with Gasteiger partial charge in [-0.3, -0.25) is 9.69 Å². The molecule has 196 valence electrons. The molecule has 2 atom stereocenters. The van der Waals surface area contributed by atoms with Gasteiger partial charge in [0.25, 0.3) is 0 Å². The Balaban J connectivity index is 0.000000256. The third-order valence-electron chi connectivity index (χ3n) is 7.85. The highest BCUT2D eigenvalue weighted by Gasteiger charge is 2.37. The average Bonchev–Trinajstić information content (AvgIpc) is 3.75. The van der Waals surface area contributed by atoms with Gasteiger partial charge in [-0.1, -0.05) is 55.3 Å². The summed E-state index contributed by atoms with van der Waals surface area (Å²) in [5, 5.41) is 0. The summed E-state index contributed by atoms with van der Waals surface area (Å²) in [4.78, 5) is 20.0. The van der Waals surface area contributed by atoms with Crippen molar-refractivity contribution in [2.24, 2.45) is 5.92 Å². The van der Waals surface area contributed by atoms with Gasteiger partial charge in [0.05, 0.1) is 13.7 Å². The van der Waals surface area contributed by atoms with Crippen LogP contribution in [0.15, 0.2) is 54.6 Å². The first-order valence-corrected chi connectivity index (χ1v) is 13.9. The molecule has 0 N–H and O–H groups in total. The van der Waals surface area contributed by atoms with Crippen LogP contribution in [-0.4, -0.2) is 67.0 Å². The summed E-state index contributed by atoms with van der Waals surface area (Å²) in [6.07, 6.45) is 10.2. The molecule has 0 spiro atoms. The number of methoxy groups -OCH3 is 1. The van der Waals surface area contributed by atoms with Crippen molar-refractivity contribution < 1.29 is 9.53 Å². The Morgan fingerprint density at radius 2 is 1.53 bits per heavy atom. The summed E-state index contributed by atoms with van der Waals surface area (Å²) in [6.45, 7) is 3.45. The van der Waals surface area contributed by atoms with Crippen LogP contribution in [0.4, 0.5) is 0 Å². The maximum Gasteiger partial charge on any atom is 0.237 e. The smallest absolute Gasteiger partial charge is 0.237 e. The summed E-state index contributed by atoms with van der Waals surface area (Å²) in [5.74, 6) is 2.01. The quantitative estimate of drug-likeness (QED) is 0.482. The predicted molar refractivity (Wildman–Crippen MR) is 147 cm³/mol. The molecule has 5 heteroatoms. The molecule has 3 fully saturated rings. The van der Waals surface area contributed by atoms with E-state index in [1.54, 1.807) is 7.11 Å². The second kappa shape index (κ2) is 13.3. The van der Waals surface area contributed by atoms with Crippen molar-refractivity contribution in [2.75, 3.05) is 34.3 Å². The first kappa shape index (κ1) is 26.7. The molecule has 5 nitrogen and oxygen atoms in total. The summed E-state index contributed by atoms with van der Waals surface area (Å²) < 4.78 is 5.25. The fraction of sp³-hybridized carbons (Fsp3) is 0.581. The van der Waals surface area contributed by atoms with E-state index in [1.165, 1.54) is 62.5 Å². The van der Waals surface area contributed by atoms with Crippen LogP contribution >= 0.6 is 0 Å². The molecule has 0 aromatic heterocycles. The van der Waals surface area contributed by atoms with Gasteiger partial charge in [0.1, 0.15) is 5.75 Å². The predicted octanol–water partition coefficient (Wildman–Crippen LogP) is 5.59. The number of hydrogen-bond donors (Lipinski definition) is 0. The van der Waals surface area contributed by atoms with Gasteiger partial charge in [0.2, 0.25) is 5.91 Å². The Morgan fingerprint density at radius 1 is 0.861 bits per heavy atom. The molecular formula is C31H45N3O2. The SMILES string of the molecule is CN(C)Cc1ccccc1.COc1ccc(CN(CC(=O)N2CCCC3CCCCC32)C2CC2)cc1. The lowest BCUT2D eigenvalue weighted by atomic mass is 9.78. The normalized spacial score (nSPS) is 21.5. The van der Waals surface area contributed by atoms with Crippen LogP contribution in [0.5, 0.6) is 5.75 Å². The highest BCUT2D eigenvalue weighted by molar-refractivity contribution is 5.79. The van der Waals surface area contributed by atoms with E-state index in [0.717, 1.165) is 31.3 Å². The third-order valence-corrected chi connectivity index (χ3v) is 7.85. The molecule has 0 radical (unpaired) electrons. The van der Waals surface area contributed by atoms with E-state index in [-0.39, 0.29) is 0 Å². The average molecular weight is 492 g/mol. The van der Waals surface area contributed by atoms with Crippen LogP contribution in [0.2, 0.25) is 0 Å². The Morgan fingerprint density at radius 3 is 2.19 bits per heavy atom. The van der Waals surface area contributed by atoms with Crippen molar-refractivity contribution in [3.63, 3.8) is 0 Å². The second-order valence-corrected chi connectivity index (χ2v) is 11.0. The highest BCUT2D eigenvalue weighted by Crippen LogP contribution is 2.36. The fourth-order valence-corrected chi connectivity index (χ4v) is 5.87. The number of benzene rings is 2. The van der Waals surface area contributed by atoms with Crippen molar-refractivity contribution in [1.82, 2.24) is 14.7 Å². The van der Waals surface area contributed by atoms with Crippen molar-refractivity contribution in [3.05, 3.63) is 65.7 Å². The zero-order chi connectivity index (χ0) is 25.3. The molecule has 1 heterocycles. The van der Waals surface area contributed by atoms with Crippen molar-refractivity contribution >= 4 is 5.91 Å². The van der Waals surface area contributed by atoms with Crippen molar-refractivity contribution in [1.29, 1.82) is 0 Å². The van der Waals surface area contributed by atoms with Crippen LogP contribution in [-0.2, 0) is 17.9 Å². The van der Waals surface area contributed by atoms with Gasteiger partial charge in [0, 0.05) is 31.7 Å². The van der Waals surface area contributed by atoms with Crippen molar-refractivity contribution in [3.8, 4) is 5.75 Å². The zero-order valence-electron chi connectivity index (χ0n) is 22.6. The van der Waals surface area contributed by atoms with E-state index < -0.39 is 0 Å². The number of likely N-dealkylation sites (tertiary alicyclic amines) is 1. The highest BCUT2D eigenvalue weighted by atomic mass is 16.5. The van der Waals surface area contributed by atoms with E-state index in [4.69, 9.17) is 4.74 Å². The van der Waals surface area contributed by atoms with Crippen LogP contribution in [0, 0.1) is 5.92 Å². The molecule has 1 saturated heterocycles. The Bertz CT molecular complexity index is 925. The van der Waals surface area contributed by atoms with E-state index in [9.17, 15) is 4.79 Å². The molecule has 5 rings (SSSR count). The minimum Gasteiger partial charge on any atom is -0.497 e. The van der Waals surface area contributed by atoms with Crippen molar-refractivity contribution in [2.45, 2.75) is 76.5 Å². The fourth-order valence-electron chi connectivity index (χ4n) is 5.87. The number of carbonyl (C=O) groups is 1. The zero-order valence-corrected chi connectivity index (χ0v) is 22.6. The topological polar surface area (TPSA) is 36.0 Å². The molecule has 1 aliphatic heterocycles. The molecule has 2 aromatic carbocycles. The Labute approximate surface area is 218 Å². The van der Waals surface area contributed by atoms with E-state index in [1.807, 2.05) is 18.2 Å². The summed E-state index contributed by atoms with van der Waals surface area (Å²) in [7, 11) is 5.85. The van der Waals surface area contributed by atoms with Gasteiger partial charge in [-0.05, 0) is 81.8 Å². The molecule has 0 bridgehead atoms. The van der Waals surface area contributed by atoms with Gasteiger partial charge >= 0.3 is 0 Å². The van der Waals surface area contributed by atoms with Crippen LogP contribution in [0.1, 0.15) is 62.5 Å². The van der Waals surface area contributed by atoms with Crippen LogP contribution in [0.25, 0.3) is 0 Å². The van der Waals surface area contributed by atoms with E-state index in [0.29, 0.717) is 24.5 Å². The Hall–Kier alpha value is -2.37. The number of carbonyl (C=O) groups excluding carboxylic acids is 1. The minimum atomic E-state index is 0.363. The third kappa shape index (κ3) is 7.81. The number of fused-ring (bicyclic) bond motifs is 1. The lowest BCUT2D eigenvalue weighted by molar-refractivity contribution is -0.139. The summed E-state index contributed by atoms with van der Waals surface area (Å²) in [5.41, 5.74) is 2.63. The molecule has 2 aliphatic carbocycles. The number of hydrogen-bond acceptors (Lipinski definition) is 4. The maximum atomic E-state index is 13.2. The van der Waals surface area contributed by atoms with Gasteiger partial charge in [-0.2, -0.15) is 0 Å². The monoisotopic (exact) mass is 491 g/mol.